The number of nitrogens with zero attached hydrogens (tertiary/aromatic N) is 1. The summed E-state index contributed by atoms with van der Waals surface area (Å²) in [5.74, 6) is 1.31. The van der Waals surface area contributed by atoms with Crippen molar-refractivity contribution < 1.29 is 0 Å². The molecule has 1 fully saturated rings. The van der Waals surface area contributed by atoms with Gasteiger partial charge >= 0.3 is 0 Å². The minimum Gasteiger partial charge on any atom is -0.383 e. The number of nitrogen functional groups attached to an aromatic ring is 1. The monoisotopic (exact) mass is 233 g/mol. The van der Waals surface area contributed by atoms with Crippen molar-refractivity contribution in [3.05, 3.63) is 23.4 Å². The molecule has 0 aliphatic heterocycles. The molecule has 2 rings (SSSR count). The van der Waals surface area contributed by atoms with E-state index in [2.05, 4.69) is 30.2 Å². The van der Waals surface area contributed by atoms with Crippen LogP contribution in [-0.4, -0.2) is 17.6 Å². The van der Waals surface area contributed by atoms with Gasteiger partial charge < -0.3 is 11.1 Å². The Kier molecular flexibility index (Phi) is 4.00. The molecule has 0 aromatic carbocycles. The van der Waals surface area contributed by atoms with Crippen LogP contribution in [0.1, 0.15) is 49.7 Å². The summed E-state index contributed by atoms with van der Waals surface area (Å²) >= 11 is 0. The lowest BCUT2D eigenvalue weighted by atomic mass is 9.80. The van der Waals surface area contributed by atoms with Crippen LogP contribution in [0.3, 0.4) is 0 Å². The number of aromatic nitrogens is 1. The summed E-state index contributed by atoms with van der Waals surface area (Å²) in [4.78, 5) is 4.24. The van der Waals surface area contributed by atoms with E-state index < -0.39 is 0 Å². The maximum atomic E-state index is 6.04. The van der Waals surface area contributed by atoms with Gasteiger partial charge in [0.2, 0.25) is 0 Å². The van der Waals surface area contributed by atoms with Crippen LogP contribution in [0.2, 0.25) is 0 Å². The Morgan fingerprint density at radius 3 is 3.00 bits per heavy atom. The average molecular weight is 233 g/mol. The highest BCUT2D eigenvalue weighted by Gasteiger charge is 2.25. The molecule has 1 saturated carbocycles. The molecule has 0 bridgehead atoms. The molecule has 94 valence electrons. The molecular weight excluding hydrogens is 210 g/mol. The Morgan fingerprint density at radius 1 is 1.47 bits per heavy atom. The van der Waals surface area contributed by atoms with Crippen molar-refractivity contribution in [3.63, 3.8) is 0 Å². The second kappa shape index (κ2) is 5.50. The molecule has 3 N–H and O–H groups in total. The van der Waals surface area contributed by atoms with E-state index in [1.54, 1.807) is 6.20 Å². The highest BCUT2D eigenvalue weighted by atomic mass is 14.9. The minimum atomic E-state index is 0.585. The van der Waals surface area contributed by atoms with Crippen molar-refractivity contribution >= 4 is 5.82 Å². The van der Waals surface area contributed by atoms with Crippen molar-refractivity contribution in [3.8, 4) is 0 Å². The van der Waals surface area contributed by atoms with Gasteiger partial charge in [0.05, 0.1) is 0 Å². The number of nitrogens with one attached hydrogen (secondary N) is 1. The number of hydrogen-bond acceptors (Lipinski definition) is 3. The Labute approximate surface area is 104 Å². The SMILES string of the molecule is CCNC1CCCC(c2c(C)ccnc2N)C1. The zero-order valence-corrected chi connectivity index (χ0v) is 10.9. The number of anilines is 1. The predicted molar refractivity (Wildman–Crippen MR) is 72.1 cm³/mol. The van der Waals surface area contributed by atoms with Gasteiger partial charge in [0.25, 0.3) is 0 Å². The van der Waals surface area contributed by atoms with Gasteiger partial charge in [-0.2, -0.15) is 0 Å². The lowest BCUT2D eigenvalue weighted by molar-refractivity contribution is 0.344. The number of aryl methyl sites for hydroxylation is 1. The fraction of sp³-hybridized carbons (Fsp3) is 0.643. The van der Waals surface area contributed by atoms with E-state index in [1.165, 1.54) is 36.8 Å². The van der Waals surface area contributed by atoms with Gasteiger partial charge in [-0.05, 0) is 50.3 Å². The third kappa shape index (κ3) is 2.78. The van der Waals surface area contributed by atoms with E-state index in [9.17, 15) is 0 Å². The van der Waals surface area contributed by atoms with Gasteiger partial charge in [-0.15, -0.1) is 0 Å². The first kappa shape index (κ1) is 12.4. The molecule has 17 heavy (non-hydrogen) atoms. The summed E-state index contributed by atoms with van der Waals surface area (Å²) in [6.07, 6.45) is 6.83. The topological polar surface area (TPSA) is 50.9 Å². The third-order valence-corrected chi connectivity index (χ3v) is 3.81. The van der Waals surface area contributed by atoms with E-state index >= 15 is 0 Å². The number of nitrogens with two attached hydrogens (primary N) is 1. The van der Waals surface area contributed by atoms with Crippen molar-refractivity contribution in [1.82, 2.24) is 10.3 Å². The van der Waals surface area contributed by atoms with Crippen molar-refractivity contribution in [2.24, 2.45) is 0 Å². The van der Waals surface area contributed by atoms with E-state index in [0.29, 0.717) is 12.0 Å². The smallest absolute Gasteiger partial charge is 0.127 e. The Bertz CT molecular complexity index is 353. The maximum absolute atomic E-state index is 6.04. The number of pyridine rings is 1. The lowest BCUT2D eigenvalue weighted by Crippen LogP contribution is -2.33. The molecular formula is C14H23N3. The van der Waals surface area contributed by atoms with Gasteiger partial charge in [-0.3, -0.25) is 0 Å². The number of rotatable bonds is 3. The molecule has 1 heterocycles. The van der Waals surface area contributed by atoms with Crippen LogP contribution in [0.15, 0.2) is 12.3 Å². The molecule has 1 aliphatic rings. The summed E-state index contributed by atoms with van der Waals surface area (Å²) in [7, 11) is 0. The largest absolute Gasteiger partial charge is 0.383 e. The summed E-state index contributed by atoms with van der Waals surface area (Å²) in [6.45, 7) is 5.37. The van der Waals surface area contributed by atoms with Gasteiger partial charge in [0.15, 0.2) is 0 Å². The number of hydrogen-bond donors (Lipinski definition) is 2. The van der Waals surface area contributed by atoms with Crippen LogP contribution >= 0.6 is 0 Å². The normalized spacial score (nSPS) is 24.8. The van der Waals surface area contributed by atoms with Crippen LogP contribution < -0.4 is 11.1 Å². The van der Waals surface area contributed by atoms with Gasteiger partial charge in [-0.25, -0.2) is 4.98 Å². The van der Waals surface area contributed by atoms with Gasteiger partial charge in [-0.1, -0.05) is 13.3 Å². The van der Waals surface area contributed by atoms with E-state index in [0.717, 1.165) is 12.4 Å². The molecule has 2 unspecified atom stereocenters. The summed E-state index contributed by atoms with van der Waals surface area (Å²) in [5, 5.41) is 3.56. The van der Waals surface area contributed by atoms with Crippen LogP contribution in [0, 0.1) is 6.92 Å². The molecule has 2 atom stereocenters. The van der Waals surface area contributed by atoms with Gasteiger partial charge in [0, 0.05) is 17.8 Å². The Balaban J connectivity index is 2.16. The first-order valence-corrected chi connectivity index (χ1v) is 6.66. The molecule has 0 saturated heterocycles. The zero-order valence-electron chi connectivity index (χ0n) is 10.9. The Morgan fingerprint density at radius 2 is 2.29 bits per heavy atom. The molecule has 0 amide bonds. The van der Waals surface area contributed by atoms with Crippen LogP contribution in [0.5, 0.6) is 0 Å². The third-order valence-electron chi connectivity index (χ3n) is 3.81. The lowest BCUT2D eigenvalue weighted by Gasteiger charge is -2.31. The molecule has 3 nitrogen and oxygen atoms in total. The molecule has 1 aromatic heterocycles. The molecule has 0 spiro atoms. The quantitative estimate of drug-likeness (QED) is 0.843. The van der Waals surface area contributed by atoms with Crippen LogP contribution in [0.25, 0.3) is 0 Å². The Hall–Kier alpha value is -1.09. The van der Waals surface area contributed by atoms with E-state index in [4.69, 9.17) is 5.73 Å². The first-order chi connectivity index (χ1) is 8.22. The second-order valence-corrected chi connectivity index (χ2v) is 5.04. The molecule has 3 heteroatoms. The highest BCUT2D eigenvalue weighted by molar-refractivity contribution is 5.46. The zero-order chi connectivity index (χ0) is 12.3. The summed E-state index contributed by atoms with van der Waals surface area (Å²) < 4.78 is 0. The predicted octanol–water partition coefficient (Wildman–Crippen LogP) is 2.61. The fourth-order valence-electron chi connectivity index (χ4n) is 3.05. The fourth-order valence-corrected chi connectivity index (χ4v) is 3.05. The average Bonchev–Trinajstić information content (AvgIpc) is 2.30. The van der Waals surface area contributed by atoms with Crippen molar-refractivity contribution in [2.45, 2.75) is 51.5 Å². The minimum absolute atomic E-state index is 0.585. The van der Waals surface area contributed by atoms with Crippen molar-refractivity contribution in [1.29, 1.82) is 0 Å². The first-order valence-electron chi connectivity index (χ1n) is 6.66. The standard InChI is InChI=1S/C14H23N3/c1-3-16-12-6-4-5-11(9-12)13-10(2)7-8-17-14(13)15/h7-8,11-12,16H,3-6,9H2,1-2H3,(H2,15,17). The molecule has 0 radical (unpaired) electrons. The molecule has 1 aliphatic carbocycles. The van der Waals surface area contributed by atoms with Gasteiger partial charge in [0.1, 0.15) is 5.82 Å². The highest BCUT2D eigenvalue weighted by Crippen LogP contribution is 2.36. The second-order valence-electron chi connectivity index (χ2n) is 5.04. The van der Waals surface area contributed by atoms with Crippen molar-refractivity contribution in [2.75, 3.05) is 12.3 Å². The molecule has 1 aromatic rings. The summed E-state index contributed by atoms with van der Waals surface area (Å²) in [5.41, 5.74) is 8.62. The summed E-state index contributed by atoms with van der Waals surface area (Å²) in [6, 6.07) is 2.72. The maximum Gasteiger partial charge on any atom is 0.127 e. The van der Waals surface area contributed by atoms with Crippen LogP contribution in [-0.2, 0) is 0 Å². The van der Waals surface area contributed by atoms with Crippen LogP contribution in [0.4, 0.5) is 5.82 Å². The van der Waals surface area contributed by atoms with E-state index in [1.807, 2.05) is 0 Å². The van der Waals surface area contributed by atoms with E-state index in [-0.39, 0.29) is 0 Å².